The molecular formula is C21H23NO. The van der Waals surface area contributed by atoms with Crippen LogP contribution in [0.2, 0.25) is 0 Å². The van der Waals surface area contributed by atoms with E-state index in [9.17, 15) is 0 Å². The molecule has 0 fully saturated rings. The van der Waals surface area contributed by atoms with Crippen molar-refractivity contribution in [3.05, 3.63) is 65.4 Å². The normalized spacial score (nSPS) is 11.7. The van der Waals surface area contributed by atoms with Gasteiger partial charge in [-0.05, 0) is 49.1 Å². The van der Waals surface area contributed by atoms with Crippen molar-refractivity contribution in [3.63, 3.8) is 0 Å². The number of nitrogens with zero attached hydrogens (tertiary/aromatic N) is 1. The molecule has 2 aromatic carbocycles. The van der Waals surface area contributed by atoms with Crippen LogP contribution in [0.1, 0.15) is 37.6 Å². The highest BCUT2D eigenvalue weighted by molar-refractivity contribution is 5.86. The van der Waals surface area contributed by atoms with Crippen LogP contribution in [0.5, 0.6) is 11.5 Å². The maximum Gasteiger partial charge on any atom is 0.138 e. The van der Waals surface area contributed by atoms with Gasteiger partial charge in [0.15, 0.2) is 0 Å². The number of rotatable bonds is 2. The molecular weight excluding hydrogens is 282 g/mol. The smallest absolute Gasteiger partial charge is 0.138 e. The van der Waals surface area contributed by atoms with Gasteiger partial charge in [0.2, 0.25) is 0 Å². The summed E-state index contributed by atoms with van der Waals surface area (Å²) in [5.74, 6) is 1.71. The lowest BCUT2D eigenvalue weighted by molar-refractivity contribution is 0.486. The fourth-order valence-electron chi connectivity index (χ4n) is 2.67. The topological polar surface area (TPSA) is 22.1 Å². The SMILES string of the molecule is Cc1ccc2nc(C)cc(Oc3ccc(C(C)(C)C)cc3)c2c1. The van der Waals surface area contributed by atoms with E-state index in [0.717, 1.165) is 28.1 Å². The minimum absolute atomic E-state index is 0.148. The first-order valence-electron chi connectivity index (χ1n) is 7.99. The fourth-order valence-corrected chi connectivity index (χ4v) is 2.67. The molecule has 0 aliphatic carbocycles. The van der Waals surface area contributed by atoms with E-state index < -0.39 is 0 Å². The predicted octanol–water partition coefficient (Wildman–Crippen LogP) is 5.94. The maximum absolute atomic E-state index is 6.16. The van der Waals surface area contributed by atoms with Crippen LogP contribution in [0.3, 0.4) is 0 Å². The summed E-state index contributed by atoms with van der Waals surface area (Å²) in [5.41, 5.74) is 4.59. The first-order chi connectivity index (χ1) is 10.8. The lowest BCUT2D eigenvalue weighted by Crippen LogP contribution is -2.10. The Balaban J connectivity index is 1.99. The second-order valence-corrected chi connectivity index (χ2v) is 7.16. The van der Waals surface area contributed by atoms with Crippen molar-refractivity contribution in [1.82, 2.24) is 4.98 Å². The molecule has 0 spiro atoms. The number of fused-ring (bicyclic) bond motifs is 1. The first kappa shape index (κ1) is 15.5. The van der Waals surface area contributed by atoms with Gasteiger partial charge >= 0.3 is 0 Å². The quantitative estimate of drug-likeness (QED) is 0.584. The van der Waals surface area contributed by atoms with Gasteiger partial charge in [-0.15, -0.1) is 0 Å². The molecule has 23 heavy (non-hydrogen) atoms. The minimum atomic E-state index is 0.148. The molecule has 2 nitrogen and oxygen atoms in total. The van der Waals surface area contributed by atoms with E-state index in [2.05, 4.69) is 56.9 Å². The lowest BCUT2D eigenvalue weighted by atomic mass is 9.87. The molecule has 1 aromatic heterocycles. The molecule has 0 saturated carbocycles. The summed E-state index contributed by atoms with van der Waals surface area (Å²) in [6, 6.07) is 16.6. The van der Waals surface area contributed by atoms with E-state index in [0.29, 0.717) is 0 Å². The van der Waals surface area contributed by atoms with Crippen LogP contribution >= 0.6 is 0 Å². The van der Waals surface area contributed by atoms with E-state index in [1.54, 1.807) is 0 Å². The van der Waals surface area contributed by atoms with E-state index in [1.165, 1.54) is 11.1 Å². The third-order valence-electron chi connectivity index (χ3n) is 4.00. The van der Waals surface area contributed by atoms with Crippen LogP contribution in [-0.2, 0) is 5.41 Å². The molecule has 0 bridgehead atoms. The Morgan fingerprint density at radius 1 is 0.870 bits per heavy atom. The Morgan fingerprint density at radius 3 is 2.22 bits per heavy atom. The molecule has 3 rings (SSSR count). The summed E-state index contributed by atoms with van der Waals surface area (Å²) < 4.78 is 6.16. The number of hydrogen-bond donors (Lipinski definition) is 0. The minimum Gasteiger partial charge on any atom is -0.457 e. The predicted molar refractivity (Wildman–Crippen MR) is 96.4 cm³/mol. The molecule has 0 saturated heterocycles. The number of pyridine rings is 1. The monoisotopic (exact) mass is 305 g/mol. The van der Waals surface area contributed by atoms with E-state index >= 15 is 0 Å². The average molecular weight is 305 g/mol. The fraction of sp³-hybridized carbons (Fsp3) is 0.286. The summed E-state index contributed by atoms with van der Waals surface area (Å²) in [4.78, 5) is 4.59. The van der Waals surface area contributed by atoms with Gasteiger partial charge in [-0.3, -0.25) is 4.98 Å². The Bertz CT molecular complexity index is 842. The highest BCUT2D eigenvalue weighted by Crippen LogP contribution is 2.32. The summed E-state index contributed by atoms with van der Waals surface area (Å²) in [6.45, 7) is 10.7. The Hall–Kier alpha value is -2.35. The average Bonchev–Trinajstić information content (AvgIpc) is 2.47. The lowest BCUT2D eigenvalue weighted by Gasteiger charge is -2.19. The van der Waals surface area contributed by atoms with Crippen molar-refractivity contribution < 1.29 is 4.74 Å². The summed E-state index contributed by atoms with van der Waals surface area (Å²) in [7, 11) is 0. The second-order valence-electron chi connectivity index (χ2n) is 7.16. The molecule has 0 N–H and O–H groups in total. The molecule has 0 aliphatic rings. The zero-order valence-corrected chi connectivity index (χ0v) is 14.5. The van der Waals surface area contributed by atoms with Gasteiger partial charge in [0.1, 0.15) is 11.5 Å². The van der Waals surface area contributed by atoms with Crippen LogP contribution in [0.15, 0.2) is 48.5 Å². The molecule has 2 heteroatoms. The van der Waals surface area contributed by atoms with Gasteiger partial charge in [-0.2, -0.15) is 0 Å². The van der Waals surface area contributed by atoms with Crippen molar-refractivity contribution in [3.8, 4) is 11.5 Å². The van der Waals surface area contributed by atoms with Gasteiger partial charge in [-0.1, -0.05) is 44.5 Å². The van der Waals surface area contributed by atoms with Crippen molar-refractivity contribution in [2.24, 2.45) is 0 Å². The van der Waals surface area contributed by atoms with Crippen LogP contribution in [0.4, 0.5) is 0 Å². The van der Waals surface area contributed by atoms with Crippen molar-refractivity contribution in [2.75, 3.05) is 0 Å². The third kappa shape index (κ3) is 3.37. The Morgan fingerprint density at radius 2 is 1.57 bits per heavy atom. The second kappa shape index (κ2) is 5.69. The number of hydrogen-bond acceptors (Lipinski definition) is 2. The van der Waals surface area contributed by atoms with Gasteiger partial charge < -0.3 is 4.74 Å². The first-order valence-corrected chi connectivity index (χ1v) is 7.99. The van der Waals surface area contributed by atoms with Gasteiger partial charge in [0, 0.05) is 17.1 Å². The zero-order chi connectivity index (χ0) is 16.6. The molecule has 0 atom stereocenters. The number of aromatic nitrogens is 1. The highest BCUT2D eigenvalue weighted by atomic mass is 16.5. The Kier molecular flexibility index (Phi) is 3.85. The number of ether oxygens (including phenoxy) is 1. The van der Waals surface area contributed by atoms with E-state index in [-0.39, 0.29) is 5.41 Å². The summed E-state index contributed by atoms with van der Waals surface area (Å²) in [6.07, 6.45) is 0. The molecule has 0 amide bonds. The van der Waals surface area contributed by atoms with Gasteiger partial charge in [0.05, 0.1) is 5.52 Å². The van der Waals surface area contributed by atoms with Crippen LogP contribution < -0.4 is 4.74 Å². The third-order valence-corrected chi connectivity index (χ3v) is 4.00. The molecule has 3 aromatic rings. The highest BCUT2D eigenvalue weighted by Gasteiger charge is 2.13. The molecule has 0 unspecified atom stereocenters. The Labute approximate surface area is 138 Å². The molecule has 0 radical (unpaired) electrons. The largest absolute Gasteiger partial charge is 0.457 e. The summed E-state index contributed by atoms with van der Waals surface area (Å²) >= 11 is 0. The van der Waals surface area contributed by atoms with E-state index in [4.69, 9.17) is 4.74 Å². The van der Waals surface area contributed by atoms with E-state index in [1.807, 2.05) is 31.2 Å². The molecule has 118 valence electrons. The summed E-state index contributed by atoms with van der Waals surface area (Å²) in [5, 5.41) is 1.05. The standard InChI is InChI=1S/C21H23NO/c1-14-6-11-19-18(12-14)20(13-15(2)22-19)23-17-9-7-16(8-10-17)21(3,4)5/h6-13H,1-5H3. The van der Waals surface area contributed by atoms with Crippen LogP contribution in [0, 0.1) is 13.8 Å². The number of aryl methyl sites for hydroxylation is 2. The van der Waals surface area contributed by atoms with Crippen molar-refractivity contribution in [1.29, 1.82) is 0 Å². The number of benzene rings is 2. The van der Waals surface area contributed by atoms with Gasteiger partial charge in [0.25, 0.3) is 0 Å². The van der Waals surface area contributed by atoms with Crippen molar-refractivity contribution >= 4 is 10.9 Å². The molecule has 1 heterocycles. The molecule has 0 aliphatic heterocycles. The van der Waals surface area contributed by atoms with Crippen LogP contribution in [0.25, 0.3) is 10.9 Å². The van der Waals surface area contributed by atoms with Crippen LogP contribution in [-0.4, -0.2) is 4.98 Å². The maximum atomic E-state index is 6.16. The van der Waals surface area contributed by atoms with Gasteiger partial charge in [-0.25, -0.2) is 0 Å². The van der Waals surface area contributed by atoms with Crippen molar-refractivity contribution in [2.45, 2.75) is 40.0 Å². The zero-order valence-electron chi connectivity index (χ0n) is 14.5.